The lowest BCUT2D eigenvalue weighted by Crippen LogP contribution is -2.14. The van der Waals surface area contributed by atoms with Crippen LogP contribution >= 0.6 is 0 Å². The number of nitrogens with zero attached hydrogens (tertiary/aromatic N) is 1. The van der Waals surface area contributed by atoms with Crippen molar-refractivity contribution >= 4 is 0 Å². The summed E-state index contributed by atoms with van der Waals surface area (Å²) in [5, 5.41) is 8.44. The first kappa shape index (κ1) is 22.7. The fourth-order valence-corrected chi connectivity index (χ4v) is 4.51. The average molecular weight is 384 g/mol. The predicted octanol–water partition coefficient (Wildman–Crippen LogP) is 8.10. The van der Waals surface area contributed by atoms with Crippen molar-refractivity contribution in [2.45, 2.75) is 96.8 Å². The zero-order chi connectivity index (χ0) is 20.0. The minimum absolute atomic E-state index is 0.625. The molecule has 2 rings (SSSR count). The van der Waals surface area contributed by atoms with E-state index >= 15 is 0 Å². The Labute approximate surface area is 172 Å². The summed E-state index contributed by atoms with van der Waals surface area (Å²) in [6.45, 7) is 2.26. The Hall–Kier alpha value is -1.62. The molecule has 1 aromatic carbocycles. The van der Waals surface area contributed by atoms with Crippen LogP contribution in [-0.4, -0.2) is 0 Å². The molecule has 0 spiro atoms. The van der Waals surface area contributed by atoms with Gasteiger partial charge >= 0.3 is 0 Å². The summed E-state index contributed by atoms with van der Waals surface area (Å²) in [5.74, 6) is 0.998. The Morgan fingerprint density at radius 3 is 2.00 bits per heavy atom. The molecule has 2 heteroatoms. The third kappa shape index (κ3) is 9.05. The van der Waals surface area contributed by atoms with E-state index in [0.717, 1.165) is 18.3 Å². The number of aryl methyl sites for hydroxylation is 2. The van der Waals surface area contributed by atoms with Gasteiger partial charge in [0.1, 0.15) is 6.07 Å². The zero-order valence-corrected chi connectivity index (χ0v) is 17.8. The molecule has 28 heavy (non-hydrogen) atoms. The van der Waals surface area contributed by atoms with E-state index in [1.54, 1.807) is 6.07 Å². The summed E-state index contributed by atoms with van der Waals surface area (Å²) < 4.78 is 12.8. The number of unbranched alkanes of at least 4 members (excludes halogenated alkanes) is 3. The normalized spacial score (nSPS) is 20.1. The number of nitriles is 1. The molecular formula is C26H38FN. The second kappa shape index (κ2) is 13.5. The van der Waals surface area contributed by atoms with Gasteiger partial charge in [0.15, 0.2) is 5.83 Å². The van der Waals surface area contributed by atoms with Crippen molar-refractivity contribution in [1.29, 1.82) is 5.26 Å². The molecule has 1 aliphatic carbocycles. The molecule has 0 unspecified atom stereocenters. The molecule has 1 aliphatic rings. The Morgan fingerprint density at radius 1 is 0.929 bits per heavy atom. The highest BCUT2D eigenvalue weighted by Crippen LogP contribution is 2.34. The molecule has 1 aromatic rings. The van der Waals surface area contributed by atoms with E-state index in [0.29, 0.717) is 6.42 Å². The van der Waals surface area contributed by atoms with Crippen molar-refractivity contribution in [2.24, 2.45) is 11.8 Å². The second-order valence-electron chi connectivity index (χ2n) is 8.65. The third-order valence-electron chi connectivity index (χ3n) is 6.39. The maximum atomic E-state index is 12.8. The van der Waals surface area contributed by atoms with Gasteiger partial charge in [0.25, 0.3) is 0 Å². The van der Waals surface area contributed by atoms with Crippen molar-refractivity contribution in [3.8, 4) is 6.07 Å². The maximum absolute atomic E-state index is 12.8. The molecule has 1 saturated carbocycles. The van der Waals surface area contributed by atoms with Crippen LogP contribution in [0.15, 0.2) is 36.2 Å². The Bertz CT molecular complexity index is 602. The van der Waals surface area contributed by atoms with Crippen LogP contribution in [-0.2, 0) is 12.8 Å². The fourth-order valence-electron chi connectivity index (χ4n) is 4.51. The van der Waals surface area contributed by atoms with Crippen molar-refractivity contribution < 1.29 is 4.39 Å². The highest BCUT2D eigenvalue weighted by atomic mass is 19.1. The van der Waals surface area contributed by atoms with Crippen molar-refractivity contribution in [2.75, 3.05) is 0 Å². The highest BCUT2D eigenvalue weighted by Gasteiger charge is 2.20. The summed E-state index contributed by atoms with van der Waals surface area (Å²) in [5.41, 5.74) is 2.97. The largest absolute Gasteiger partial charge is 0.196 e. The van der Waals surface area contributed by atoms with Crippen molar-refractivity contribution in [3.63, 3.8) is 0 Å². The number of hydrogen-bond acceptors (Lipinski definition) is 1. The van der Waals surface area contributed by atoms with Gasteiger partial charge in [-0.3, -0.25) is 0 Å². The molecule has 0 aliphatic heterocycles. The smallest absolute Gasteiger partial charge is 0.195 e. The van der Waals surface area contributed by atoms with Crippen LogP contribution in [0.3, 0.4) is 0 Å². The van der Waals surface area contributed by atoms with E-state index in [2.05, 4.69) is 31.2 Å². The van der Waals surface area contributed by atoms with Crippen LogP contribution in [0.4, 0.5) is 4.39 Å². The van der Waals surface area contributed by atoms with Gasteiger partial charge < -0.3 is 0 Å². The molecule has 0 bridgehead atoms. The number of benzene rings is 1. The predicted molar refractivity (Wildman–Crippen MR) is 117 cm³/mol. The highest BCUT2D eigenvalue weighted by molar-refractivity contribution is 5.22. The monoisotopic (exact) mass is 383 g/mol. The van der Waals surface area contributed by atoms with Gasteiger partial charge in [0, 0.05) is 0 Å². The lowest BCUT2D eigenvalue weighted by atomic mass is 9.78. The molecule has 1 nitrogen and oxygen atoms in total. The molecular weight excluding hydrogens is 345 g/mol. The number of hydrogen-bond donors (Lipinski definition) is 0. The van der Waals surface area contributed by atoms with Gasteiger partial charge in [-0.2, -0.15) is 9.65 Å². The van der Waals surface area contributed by atoms with E-state index in [4.69, 9.17) is 5.26 Å². The van der Waals surface area contributed by atoms with Gasteiger partial charge in [0.05, 0.1) is 0 Å². The third-order valence-corrected chi connectivity index (χ3v) is 6.39. The summed E-state index contributed by atoms with van der Waals surface area (Å²) >= 11 is 0. The van der Waals surface area contributed by atoms with Gasteiger partial charge in [-0.15, -0.1) is 0 Å². The lowest BCUT2D eigenvalue weighted by Gasteiger charge is -2.28. The Morgan fingerprint density at radius 2 is 1.46 bits per heavy atom. The van der Waals surface area contributed by atoms with Crippen molar-refractivity contribution in [1.82, 2.24) is 0 Å². The number of halogens is 1. The van der Waals surface area contributed by atoms with Crippen LogP contribution in [0.2, 0.25) is 0 Å². The van der Waals surface area contributed by atoms with E-state index in [-0.39, 0.29) is 0 Å². The SMILES string of the molecule is CCCCCc1ccc(CCCC[C@H]2CC[C@H](CCC=C(F)C#N)CC2)cc1. The number of allylic oxidation sites excluding steroid dienone is 2. The quantitative estimate of drug-likeness (QED) is 0.264. The Kier molecular flexibility index (Phi) is 11.0. The molecule has 0 saturated heterocycles. The minimum Gasteiger partial charge on any atom is -0.195 e. The van der Waals surface area contributed by atoms with Crippen LogP contribution in [0.25, 0.3) is 0 Å². The first-order valence-corrected chi connectivity index (χ1v) is 11.5. The average Bonchev–Trinajstić information content (AvgIpc) is 2.73. The van der Waals surface area contributed by atoms with Gasteiger partial charge in [-0.25, -0.2) is 0 Å². The van der Waals surface area contributed by atoms with E-state index < -0.39 is 5.83 Å². The van der Waals surface area contributed by atoms with E-state index in [1.165, 1.54) is 94.3 Å². The van der Waals surface area contributed by atoms with Gasteiger partial charge in [0.2, 0.25) is 0 Å². The van der Waals surface area contributed by atoms with Crippen LogP contribution < -0.4 is 0 Å². The van der Waals surface area contributed by atoms with E-state index in [9.17, 15) is 4.39 Å². The second-order valence-corrected chi connectivity index (χ2v) is 8.65. The Balaban J connectivity index is 1.54. The summed E-state index contributed by atoms with van der Waals surface area (Å²) in [7, 11) is 0. The first-order chi connectivity index (χ1) is 13.7. The van der Waals surface area contributed by atoms with Crippen LogP contribution in [0.5, 0.6) is 0 Å². The summed E-state index contributed by atoms with van der Waals surface area (Å²) in [6, 6.07) is 10.9. The standard InChI is InChI=1S/C26H38FN/c1-2-3-4-8-22-13-15-23(16-14-22)9-5-6-10-24-17-19-25(20-18-24)11-7-12-26(27)21-28/h12-16,24-25H,2-11,17-20H2,1H3/t24-,25-. The summed E-state index contributed by atoms with van der Waals surface area (Å²) in [4.78, 5) is 0. The zero-order valence-electron chi connectivity index (χ0n) is 17.8. The fraction of sp³-hybridized carbons (Fsp3) is 0.654. The van der Waals surface area contributed by atoms with Gasteiger partial charge in [-0.1, -0.05) is 82.6 Å². The molecule has 1 fully saturated rings. The maximum Gasteiger partial charge on any atom is 0.196 e. The number of rotatable bonds is 12. The molecule has 0 radical (unpaired) electrons. The van der Waals surface area contributed by atoms with E-state index in [1.807, 2.05) is 0 Å². The molecule has 0 amide bonds. The molecule has 0 N–H and O–H groups in total. The van der Waals surface area contributed by atoms with Crippen molar-refractivity contribution in [3.05, 3.63) is 47.3 Å². The van der Waals surface area contributed by atoms with Crippen LogP contribution in [0, 0.1) is 23.2 Å². The van der Waals surface area contributed by atoms with Gasteiger partial charge in [-0.05, 0) is 67.6 Å². The first-order valence-electron chi connectivity index (χ1n) is 11.5. The minimum atomic E-state index is -0.625. The molecule has 0 atom stereocenters. The molecule has 154 valence electrons. The van der Waals surface area contributed by atoms with Crippen LogP contribution in [0.1, 0.15) is 95.1 Å². The molecule has 0 aromatic heterocycles. The molecule has 0 heterocycles. The lowest BCUT2D eigenvalue weighted by molar-refractivity contribution is 0.250. The summed E-state index contributed by atoms with van der Waals surface area (Å²) in [6.07, 6.45) is 18.8. The topological polar surface area (TPSA) is 23.8 Å².